The standard InChI is InChI=1S/C10H11N/c1-2-5-9-6-4-8-11-10(9)7-3-1/h1-2,4,6,8H,3,5,7H2. The van der Waals surface area contributed by atoms with Crippen molar-refractivity contribution in [2.45, 2.75) is 19.3 Å². The smallest absolute Gasteiger partial charge is 0.0441 e. The molecule has 0 atom stereocenters. The molecular formula is C10H11N. The first-order valence-corrected chi connectivity index (χ1v) is 4.04. The molecule has 1 heteroatoms. The molecule has 0 amide bonds. The Morgan fingerprint density at radius 1 is 1.27 bits per heavy atom. The topological polar surface area (TPSA) is 12.9 Å². The normalized spacial score (nSPS) is 15.6. The van der Waals surface area contributed by atoms with Crippen LogP contribution in [0.25, 0.3) is 0 Å². The van der Waals surface area contributed by atoms with Gasteiger partial charge in [0.2, 0.25) is 0 Å². The largest absolute Gasteiger partial charge is 0.261 e. The molecule has 0 radical (unpaired) electrons. The average molecular weight is 145 g/mol. The molecule has 0 unspecified atom stereocenters. The molecule has 1 aliphatic carbocycles. The lowest BCUT2D eigenvalue weighted by molar-refractivity contribution is 0.937. The Labute approximate surface area is 66.8 Å². The number of allylic oxidation sites excluding steroid dienone is 2. The highest BCUT2D eigenvalue weighted by Gasteiger charge is 2.02. The van der Waals surface area contributed by atoms with Crippen molar-refractivity contribution in [3.8, 4) is 0 Å². The second-order valence-electron chi connectivity index (χ2n) is 2.82. The Bertz CT molecular complexity index is 276. The van der Waals surface area contributed by atoms with E-state index >= 15 is 0 Å². The van der Waals surface area contributed by atoms with Crippen molar-refractivity contribution < 1.29 is 0 Å². The van der Waals surface area contributed by atoms with Gasteiger partial charge in [-0.25, -0.2) is 0 Å². The van der Waals surface area contributed by atoms with Gasteiger partial charge >= 0.3 is 0 Å². The molecule has 1 nitrogen and oxygen atoms in total. The van der Waals surface area contributed by atoms with Gasteiger partial charge in [0.05, 0.1) is 0 Å². The van der Waals surface area contributed by atoms with E-state index in [1.165, 1.54) is 11.3 Å². The Balaban J connectivity index is 2.40. The second-order valence-corrected chi connectivity index (χ2v) is 2.82. The number of rotatable bonds is 0. The maximum atomic E-state index is 4.34. The van der Waals surface area contributed by atoms with E-state index in [-0.39, 0.29) is 0 Å². The van der Waals surface area contributed by atoms with Crippen molar-refractivity contribution in [1.29, 1.82) is 0 Å². The fraction of sp³-hybridized carbons (Fsp3) is 0.300. The predicted molar refractivity (Wildman–Crippen MR) is 45.4 cm³/mol. The van der Waals surface area contributed by atoms with Gasteiger partial charge in [0.25, 0.3) is 0 Å². The van der Waals surface area contributed by atoms with Crippen LogP contribution in [0.3, 0.4) is 0 Å². The van der Waals surface area contributed by atoms with Crippen LogP contribution in [0.4, 0.5) is 0 Å². The Morgan fingerprint density at radius 2 is 2.27 bits per heavy atom. The highest BCUT2D eigenvalue weighted by atomic mass is 14.7. The van der Waals surface area contributed by atoms with Crippen LogP contribution >= 0.6 is 0 Å². The summed E-state index contributed by atoms with van der Waals surface area (Å²) in [5.74, 6) is 0. The maximum Gasteiger partial charge on any atom is 0.0441 e. The molecule has 1 heterocycles. The lowest BCUT2D eigenvalue weighted by Gasteiger charge is -2.00. The van der Waals surface area contributed by atoms with Crippen molar-refractivity contribution in [3.63, 3.8) is 0 Å². The lowest BCUT2D eigenvalue weighted by Crippen LogP contribution is -1.93. The van der Waals surface area contributed by atoms with Gasteiger partial charge in [0.1, 0.15) is 0 Å². The van der Waals surface area contributed by atoms with E-state index < -0.39 is 0 Å². The molecule has 0 saturated heterocycles. The van der Waals surface area contributed by atoms with Crippen LogP contribution < -0.4 is 0 Å². The number of nitrogens with zero attached hydrogens (tertiary/aromatic N) is 1. The first-order chi connectivity index (χ1) is 5.47. The molecule has 1 aromatic rings. The molecular weight excluding hydrogens is 134 g/mol. The molecule has 0 spiro atoms. The molecule has 0 aliphatic heterocycles. The summed E-state index contributed by atoms with van der Waals surface area (Å²) in [7, 11) is 0. The van der Waals surface area contributed by atoms with Gasteiger partial charge in [-0.2, -0.15) is 0 Å². The lowest BCUT2D eigenvalue weighted by atomic mass is 10.1. The first kappa shape index (κ1) is 6.59. The molecule has 0 aromatic carbocycles. The number of aromatic nitrogens is 1. The van der Waals surface area contributed by atoms with Crippen LogP contribution in [-0.2, 0) is 12.8 Å². The zero-order valence-electron chi connectivity index (χ0n) is 6.46. The minimum Gasteiger partial charge on any atom is -0.261 e. The van der Waals surface area contributed by atoms with E-state index in [1.807, 2.05) is 12.3 Å². The number of pyridine rings is 1. The van der Waals surface area contributed by atoms with Crippen molar-refractivity contribution in [1.82, 2.24) is 4.98 Å². The van der Waals surface area contributed by atoms with Crippen LogP contribution in [0.1, 0.15) is 17.7 Å². The van der Waals surface area contributed by atoms with Crippen molar-refractivity contribution in [2.75, 3.05) is 0 Å². The van der Waals surface area contributed by atoms with Gasteiger partial charge < -0.3 is 0 Å². The van der Waals surface area contributed by atoms with E-state index in [4.69, 9.17) is 0 Å². The van der Waals surface area contributed by atoms with Crippen molar-refractivity contribution in [3.05, 3.63) is 41.7 Å². The molecule has 0 N–H and O–H groups in total. The van der Waals surface area contributed by atoms with Gasteiger partial charge in [-0.15, -0.1) is 0 Å². The second kappa shape index (κ2) is 2.87. The van der Waals surface area contributed by atoms with Crippen LogP contribution in [0.2, 0.25) is 0 Å². The third-order valence-corrected chi connectivity index (χ3v) is 2.04. The van der Waals surface area contributed by atoms with Crippen LogP contribution in [0.15, 0.2) is 30.5 Å². The summed E-state index contributed by atoms with van der Waals surface area (Å²) >= 11 is 0. The fourth-order valence-electron chi connectivity index (χ4n) is 1.43. The maximum absolute atomic E-state index is 4.34. The van der Waals surface area contributed by atoms with Crippen molar-refractivity contribution in [2.24, 2.45) is 0 Å². The average Bonchev–Trinajstić information content (AvgIpc) is 2.28. The van der Waals surface area contributed by atoms with Crippen molar-refractivity contribution >= 4 is 0 Å². The van der Waals surface area contributed by atoms with Crippen LogP contribution in [0.5, 0.6) is 0 Å². The summed E-state index contributed by atoms with van der Waals surface area (Å²) in [5, 5.41) is 0. The van der Waals surface area contributed by atoms with Crippen LogP contribution in [-0.4, -0.2) is 4.98 Å². The van der Waals surface area contributed by atoms with E-state index in [9.17, 15) is 0 Å². The number of aryl methyl sites for hydroxylation is 1. The monoisotopic (exact) mass is 145 g/mol. The minimum absolute atomic E-state index is 1.06. The summed E-state index contributed by atoms with van der Waals surface area (Å²) in [6.07, 6.45) is 9.65. The highest BCUT2D eigenvalue weighted by molar-refractivity contribution is 5.24. The molecule has 1 aliphatic rings. The molecule has 11 heavy (non-hydrogen) atoms. The third-order valence-electron chi connectivity index (χ3n) is 2.04. The molecule has 1 aromatic heterocycles. The highest BCUT2D eigenvalue weighted by Crippen LogP contribution is 2.12. The zero-order valence-corrected chi connectivity index (χ0v) is 6.46. The summed E-state index contributed by atoms with van der Waals surface area (Å²) in [6, 6.07) is 4.18. The summed E-state index contributed by atoms with van der Waals surface area (Å²) in [5.41, 5.74) is 2.67. The Morgan fingerprint density at radius 3 is 3.27 bits per heavy atom. The van der Waals surface area contributed by atoms with Gasteiger partial charge in [-0.1, -0.05) is 18.2 Å². The summed E-state index contributed by atoms with van der Waals surface area (Å²) in [4.78, 5) is 4.34. The van der Waals surface area contributed by atoms with E-state index in [2.05, 4.69) is 23.2 Å². The Kier molecular flexibility index (Phi) is 1.72. The predicted octanol–water partition coefficient (Wildman–Crippen LogP) is 2.13. The third kappa shape index (κ3) is 1.32. The van der Waals surface area contributed by atoms with Gasteiger partial charge in [0, 0.05) is 11.9 Å². The van der Waals surface area contributed by atoms with E-state index in [0.717, 1.165) is 19.3 Å². The first-order valence-electron chi connectivity index (χ1n) is 4.04. The molecule has 0 fully saturated rings. The molecule has 2 rings (SSSR count). The quantitative estimate of drug-likeness (QED) is 0.509. The molecule has 0 saturated carbocycles. The SMILES string of the molecule is C1=CCc2cccnc2CC1. The summed E-state index contributed by atoms with van der Waals surface area (Å²) in [6.45, 7) is 0. The van der Waals surface area contributed by atoms with E-state index in [0.29, 0.717) is 0 Å². The van der Waals surface area contributed by atoms with Gasteiger partial charge in [-0.3, -0.25) is 4.98 Å². The number of fused-ring (bicyclic) bond motifs is 1. The Hall–Kier alpha value is -1.11. The molecule has 56 valence electrons. The fourth-order valence-corrected chi connectivity index (χ4v) is 1.43. The van der Waals surface area contributed by atoms with Gasteiger partial charge in [0.15, 0.2) is 0 Å². The zero-order chi connectivity index (χ0) is 7.52. The minimum atomic E-state index is 1.06. The van der Waals surface area contributed by atoms with Crippen LogP contribution in [0, 0.1) is 0 Å². The van der Waals surface area contributed by atoms with Gasteiger partial charge in [-0.05, 0) is 30.9 Å². The summed E-state index contributed by atoms with van der Waals surface area (Å²) < 4.78 is 0. The molecule has 0 bridgehead atoms. The number of hydrogen-bond acceptors (Lipinski definition) is 1. The van der Waals surface area contributed by atoms with E-state index in [1.54, 1.807) is 0 Å². The number of hydrogen-bond donors (Lipinski definition) is 0.